The molecule has 1 aliphatic rings. The summed E-state index contributed by atoms with van der Waals surface area (Å²) < 4.78 is 22.8. The molecule has 1 aromatic carbocycles. The molecule has 6 heteroatoms. The fourth-order valence-corrected chi connectivity index (χ4v) is 4.01. The van der Waals surface area contributed by atoms with Gasteiger partial charge in [-0.3, -0.25) is 4.21 Å². The lowest BCUT2D eigenvalue weighted by atomic mass is 10.2. The van der Waals surface area contributed by atoms with E-state index < -0.39 is 10.8 Å². The molecular weight excluding hydrogens is 300 g/mol. The summed E-state index contributed by atoms with van der Waals surface area (Å²) in [6.07, 6.45) is 3.30. The highest BCUT2D eigenvalue weighted by molar-refractivity contribution is 7.85. The molecule has 0 spiro atoms. The van der Waals surface area contributed by atoms with Gasteiger partial charge in [0.1, 0.15) is 0 Å². The monoisotopic (exact) mass is 320 g/mol. The molecule has 1 atom stereocenters. The van der Waals surface area contributed by atoms with Crippen molar-refractivity contribution in [3.05, 3.63) is 36.2 Å². The van der Waals surface area contributed by atoms with Gasteiger partial charge in [-0.25, -0.2) is 0 Å². The smallest absolute Gasteiger partial charge is 0.226 e. The van der Waals surface area contributed by atoms with Crippen molar-refractivity contribution < 1.29 is 13.5 Å². The molecule has 0 radical (unpaired) electrons. The van der Waals surface area contributed by atoms with Crippen molar-refractivity contribution in [3.63, 3.8) is 0 Å². The van der Waals surface area contributed by atoms with E-state index in [0.29, 0.717) is 23.9 Å². The van der Waals surface area contributed by atoms with Crippen molar-refractivity contribution in [2.24, 2.45) is 0 Å². The highest BCUT2D eigenvalue weighted by Gasteiger charge is 2.20. The van der Waals surface area contributed by atoms with Crippen molar-refractivity contribution >= 4 is 10.8 Å². The van der Waals surface area contributed by atoms with Gasteiger partial charge in [0.2, 0.25) is 11.7 Å². The second-order valence-corrected chi connectivity index (χ2v) is 7.21. The van der Waals surface area contributed by atoms with Crippen molar-refractivity contribution in [2.45, 2.75) is 30.9 Å². The molecule has 0 aliphatic carbocycles. The van der Waals surface area contributed by atoms with Crippen LogP contribution >= 0.6 is 0 Å². The molecule has 0 bridgehead atoms. The van der Waals surface area contributed by atoms with E-state index >= 15 is 0 Å². The van der Waals surface area contributed by atoms with Gasteiger partial charge < -0.3 is 9.26 Å². The standard InChI is InChI=1S/C16H20N2O3S/c19-22(14-8-10-20-11-9-14)12-4-7-15-17-16(18-21-15)13-5-2-1-3-6-13/h1-3,5-6,14H,4,7-12H2/t22-/m0/s1. The Balaban J connectivity index is 1.48. The summed E-state index contributed by atoms with van der Waals surface area (Å²) >= 11 is 0. The first kappa shape index (κ1) is 15.4. The van der Waals surface area contributed by atoms with Gasteiger partial charge in [0, 0.05) is 47.0 Å². The summed E-state index contributed by atoms with van der Waals surface area (Å²) in [5, 5.41) is 4.28. The Hall–Kier alpha value is -1.53. The molecule has 3 rings (SSSR count). The van der Waals surface area contributed by atoms with Gasteiger partial charge in [-0.2, -0.15) is 4.98 Å². The lowest BCUT2D eigenvalue weighted by Gasteiger charge is -2.21. The van der Waals surface area contributed by atoms with E-state index in [1.165, 1.54) is 0 Å². The molecule has 5 nitrogen and oxygen atoms in total. The number of ether oxygens (including phenoxy) is 1. The molecule has 1 fully saturated rings. The van der Waals surface area contributed by atoms with Gasteiger partial charge in [-0.15, -0.1) is 0 Å². The third-order valence-electron chi connectivity index (χ3n) is 3.78. The maximum absolute atomic E-state index is 12.2. The SMILES string of the molecule is O=[S@@](CCCc1nc(-c2ccccc2)no1)C1CCOCC1. The molecule has 118 valence electrons. The van der Waals surface area contributed by atoms with Gasteiger partial charge >= 0.3 is 0 Å². The Morgan fingerprint density at radius 3 is 2.73 bits per heavy atom. The maximum Gasteiger partial charge on any atom is 0.226 e. The summed E-state index contributed by atoms with van der Waals surface area (Å²) in [4.78, 5) is 4.39. The van der Waals surface area contributed by atoms with Crippen LogP contribution < -0.4 is 0 Å². The zero-order chi connectivity index (χ0) is 15.2. The zero-order valence-electron chi connectivity index (χ0n) is 12.4. The van der Waals surface area contributed by atoms with E-state index in [4.69, 9.17) is 9.26 Å². The molecule has 1 saturated heterocycles. The third kappa shape index (κ3) is 4.01. The first-order chi connectivity index (χ1) is 10.8. The van der Waals surface area contributed by atoms with E-state index in [9.17, 15) is 4.21 Å². The maximum atomic E-state index is 12.2. The average Bonchev–Trinajstić information content (AvgIpc) is 3.05. The Morgan fingerprint density at radius 2 is 1.95 bits per heavy atom. The predicted molar refractivity (Wildman–Crippen MR) is 84.9 cm³/mol. The molecule has 22 heavy (non-hydrogen) atoms. The van der Waals surface area contributed by atoms with Crippen LogP contribution in [0.5, 0.6) is 0 Å². The van der Waals surface area contributed by atoms with Crippen LogP contribution in [-0.4, -0.2) is 38.6 Å². The van der Waals surface area contributed by atoms with E-state index in [0.717, 1.165) is 38.0 Å². The molecule has 2 aromatic rings. The van der Waals surface area contributed by atoms with Crippen molar-refractivity contribution in [1.82, 2.24) is 10.1 Å². The van der Waals surface area contributed by atoms with Crippen LogP contribution in [0.4, 0.5) is 0 Å². The van der Waals surface area contributed by atoms with Gasteiger partial charge in [-0.1, -0.05) is 35.5 Å². The number of benzene rings is 1. The molecule has 0 amide bonds. The van der Waals surface area contributed by atoms with Gasteiger partial charge in [-0.05, 0) is 19.3 Å². The van der Waals surface area contributed by atoms with Crippen LogP contribution in [0.2, 0.25) is 0 Å². The second-order valence-electron chi connectivity index (χ2n) is 5.38. The number of aryl methyl sites for hydroxylation is 1. The number of hydrogen-bond donors (Lipinski definition) is 0. The number of nitrogens with zero attached hydrogens (tertiary/aromatic N) is 2. The highest BCUT2D eigenvalue weighted by Crippen LogP contribution is 2.17. The van der Waals surface area contributed by atoms with Gasteiger partial charge in [0.25, 0.3) is 0 Å². The second kappa shape index (κ2) is 7.65. The Labute approximate surface area is 132 Å². The molecule has 0 saturated carbocycles. The van der Waals surface area contributed by atoms with Crippen molar-refractivity contribution in [3.8, 4) is 11.4 Å². The minimum Gasteiger partial charge on any atom is -0.381 e. The van der Waals surface area contributed by atoms with Crippen LogP contribution in [-0.2, 0) is 22.0 Å². The largest absolute Gasteiger partial charge is 0.381 e. The van der Waals surface area contributed by atoms with Crippen LogP contribution in [0.15, 0.2) is 34.9 Å². The lowest BCUT2D eigenvalue weighted by molar-refractivity contribution is 0.0992. The Kier molecular flexibility index (Phi) is 5.34. The first-order valence-electron chi connectivity index (χ1n) is 7.66. The molecule has 0 N–H and O–H groups in total. The molecule has 0 unspecified atom stereocenters. The Morgan fingerprint density at radius 1 is 1.18 bits per heavy atom. The average molecular weight is 320 g/mol. The topological polar surface area (TPSA) is 65.2 Å². The third-order valence-corrected chi connectivity index (χ3v) is 5.68. The number of aromatic nitrogens is 2. The van der Waals surface area contributed by atoms with E-state index in [1.807, 2.05) is 30.3 Å². The molecule has 2 heterocycles. The summed E-state index contributed by atoms with van der Waals surface area (Å²) in [5.41, 5.74) is 0.947. The van der Waals surface area contributed by atoms with E-state index in [-0.39, 0.29) is 5.25 Å². The molecule has 1 aromatic heterocycles. The Bertz CT molecular complexity index is 609. The van der Waals surface area contributed by atoms with Gasteiger partial charge in [0.05, 0.1) is 0 Å². The van der Waals surface area contributed by atoms with Crippen molar-refractivity contribution in [2.75, 3.05) is 19.0 Å². The minimum atomic E-state index is -0.779. The van der Waals surface area contributed by atoms with E-state index in [2.05, 4.69) is 10.1 Å². The lowest BCUT2D eigenvalue weighted by Crippen LogP contribution is -2.26. The highest BCUT2D eigenvalue weighted by atomic mass is 32.2. The molecular formula is C16H20N2O3S. The predicted octanol–water partition coefficient (Wildman–Crippen LogP) is 2.60. The summed E-state index contributed by atoms with van der Waals surface area (Å²) in [5.74, 6) is 1.91. The quantitative estimate of drug-likeness (QED) is 0.818. The van der Waals surface area contributed by atoms with Gasteiger partial charge in [0.15, 0.2) is 0 Å². The van der Waals surface area contributed by atoms with Crippen molar-refractivity contribution in [1.29, 1.82) is 0 Å². The fraction of sp³-hybridized carbons (Fsp3) is 0.500. The summed E-state index contributed by atoms with van der Waals surface area (Å²) in [7, 11) is -0.779. The van der Waals surface area contributed by atoms with Crippen LogP contribution in [0.1, 0.15) is 25.2 Å². The normalized spacial score (nSPS) is 17.5. The van der Waals surface area contributed by atoms with Crippen LogP contribution in [0.25, 0.3) is 11.4 Å². The number of hydrogen-bond acceptors (Lipinski definition) is 5. The first-order valence-corrected chi connectivity index (χ1v) is 9.04. The summed E-state index contributed by atoms with van der Waals surface area (Å²) in [6.45, 7) is 1.47. The molecule has 1 aliphatic heterocycles. The van der Waals surface area contributed by atoms with E-state index in [1.54, 1.807) is 0 Å². The minimum absolute atomic E-state index is 0.288. The number of rotatable bonds is 6. The fourth-order valence-electron chi connectivity index (χ4n) is 2.53. The summed E-state index contributed by atoms with van der Waals surface area (Å²) in [6, 6.07) is 9.75. The van der Waals surface area contributed by atoms with Crippen LogP contribution in [0, 0.1) is 0 Å². The zero-order valence-corrected chi connectivity index (χ0v) is 13.3. The van der Waals surface area contributed by atoms with Crippen LogP contribution in [0.3, 0.4) is 0 Å².